The van der Waals surface area contributed by atoms with Crippen LogP contribution in [0.1, 0.15) is 50.0 Å². The molecule has 0 spiro atoms. The van der Waals surface area contributed by atoms with E-state index in [0.29, 0.717) is 35.1 Å². The maximum Gasteiger partial charge on any atom is 0.150 e. The molecule has 2 heterocycles. The lowest BCUT2D eigenvalue weighted by Gasteiger charge is -2.31. The molecule has 188 valence electrons. The van der Waals surface area contributed by atoms with Crippen LogP contribution in [0.25, 0.3) is 11.1 Å². The van der Waals surface area contributed by atoms with E-state index in [1.54, 1.807) is 24.3 Å². The van der Waals surface area contributed by atoms with Crippen LogP contribution >= 0.6 is 0 Å². The molecule has 5 rings (SSSR count). The van der Waals surface area contributed by atoms with Gasteiger partial charge in [0, 0.05) is 35.4 Å². The number of halogens is 1. The second-order valence-electron chi connectivity index (χ2n) is 10.00. The van der Waals surface area contributed by atoms with Crippen LogP contribution in [0.4, 0.5) is 4.39 Å². The van der Waals surface area contributed by atoms with E-state index in [1.165, 1.54) is 12.5 Å². The molecule has 3 atom stereocenters. The van der Waals surface area contributed by atoms with Crippen molar-refractivity contribution in [3.8, 4) is 23.0 Å². The minimum absolute atomic E-state index is 0.111. The Labute approximate surface area is 211 Å². The van der Waals surface area contributed by atoms with Gasteiger partial charge in [-0.25, -0.2) is 4.39 Å². The van der Waals surface area contributed by atoms with Crippen molar-refractivity contribution in [1.29, 1.82) is 0 Å². The number of phenols is 2. The Hall–Kier alpha value is -3.51. The largest absolute Gasteiger partial charge is 0.508 e. The molecule has 5 nitrogen and oxygen atoms in total. The van der Waals surface area contributed by atoms with Crippen molar-refractivity contribution in [3.05, 3.63) is 83.2 Å². The summed E-state index contributed by atoms with van der Waals surface area (Å²) in [6.07, 6.45) is 0.667. The van der Waals surface area contributed by atoms with Gasteiger partial charge in [0.25, 0.3) is 0 Å². The second-order valence-corrected chi connectivity index (χ2v) is 10.00. The van der Waals surface area contributed by atoms with Gasteiger partial charge in [0.15, 0.2) is 0 Å². The summed E-state index contributed by atoms with van der Waals surface area (Å²) in [7, 11) is 0. The van der Waals surface area contributed by atoms with Crippen LogP contribution in [-0.2, 0) is 0 Å². The molecule has 2 aliphatic rings. The van der Waals surface area contributed by atoms with E-state index in [9.17, 15) is 10.2 Å². The van der Waals surface area contributed by atoms with Crippen LogP contribution in [0.2, 0.25) is 0 Å². The number of likely N-dealkylation sites (tertiary alicyclic amines) is 1. The van der Waals surface area contributed by atoms with E-state index < -0.39 is 11.9 Å². The molecule has 0 amide bonds. The Bertz CT molecular complexity index is 1290. The topological polar surface area (TPSA) is 62.2 Å². The van der Waals surface area contributed by atoms with Gasteiger partial charge < -0.3 is 19.7 Å². The average Bonchev–Trinajstić information content (AvgIpc) is 3.30. The number of fused-ring (bicyclic) bond motifs is 1. The Balaban J connectivity index is 1.43. The minimum atomic E-state index is -0.569. The lowest BCUT2D eigenvalue weighted by Crippen LogP contribution is -2.35. The molecule has 0 saturated carbocycles. The number of hydrogen-bond acceptors (Lipinski definition) is 5. The number of ether oxygens (including phenoxy) is 2. The first-order valence-corrected chi connectivity index (χ1v) is 12.5. The van der Waals surface area contributed by atoms with Crippen molar-refractivity contribution in [3.63, 3.8) is 0 Å². The van der Waals surface area contributed by atoms with Crippen molar-refractivity contribution < 1.29 is 24.1 Å². The van der Waals surface area contributed by atoms with E-state index in [1.807, 2.05) is 31.2 Å². The maximum absolute atomic E-state index is 15.0. The van der Waals surface area contributed by atoms with Gasteiger partial charge in [-0.05, 0) is 86.3 Å². The molecule has 3 aromatic rings. The predicted octanol–water partition coefficient (Wildman–Crippen LogP) is 6.41. The third-order valence-electron chi connectivity index (χ3n) is 7.27. The summed E-state index contributed by atoms with van der Waals surface area (Å²) in [5.41, 5.74) is 3.35. The Morgan fingerprint density at radius 3 is 2.44 bits per heavy atom. The highest BCUT2D eigenvalue weighted by atomic mass is 19.1. The van der Waals surface area contributed by atoms with Crippen LogP contribution in [0.5, 0.6) is 23.0 Å². The fourth-order valence-electron chi connectivity index (χ4n) is 5.17. The van der Waals surface area contributed by atoms with Crippen LogP contribution in [0.15, 0.2) is 60.7 Å². The lowest BCUT2D eigenvalue weighted by molar-refractivity contribution is 0.169. The second kappa shape index (κ2) is 9.86. The molecule has 1 fully saturated rings. The van der Waals surface area contributed by atoms with Gasteiger partial charge in [-0.1, -0.05) is 19.1 Å². The van der Waals surface area contributed by atoms with E-state index in [0.717, 1.165) is 42.0 Å². The maximum atomic E-state index is 15.0. The molecular weight excluding hydrogens is 457 g/mol. The molecule has 0 bridgehead atoms. The van der Waals surface area contributed by atoms with E-state index in [-0.39, 0.29) is 11.5 Å². The van der Waals surface area contributed by atoms with Gasteiger partial charge in [-0.2, -0.15) is 0 Å². The molecule has 3 unspecified atom stereocenters. The summed E-state index contributed by atoms with van der Waals surface area (Å²) in [6.45, 7) is 9.23. The summed E-state index contributed by atoms with van der Waals surface area (Å²) in [4.78, 5) is 2.47. The Kier molecular flexibility index (Phi) is 6.63. The molecule has 6 heteroatoms. The normalized spacial score (nSPS) is 20.7. The molecule has 0 aliphatic carbocycles. The standard InChI is InChI=1S/C30H32FNO4/c1-18-12-13-32(16-18)19(2)17-35-24-8-4-21(5-9-24)30-29(25-10-6-23(34)15-27(25)31)20(3)26-14-22(33)7-11-28(26)36-30/h4-11,14-15,18-19,30,33-34H,12-13,16-17H2,1-3H3. The molecule has 1 saturated heterocycles. The number of aromatic hydroxyl groups is 2. The highest BCUT2D eigenvalue weighted by Gasteiger charge is 2.31. The fraction of sp³-hybridized carbons (Fsp3) is 0.333. The third kappa shape index (κ3) is 4.78. The zero-order chi connectivity index (χ0) is 25.4. The van der Waals surface area contributed by atoms with Crippen LogP contribution in [0.3, 0.4) is 0 Å². The summed E-state index contributed by atoms with van der Waals surface area (Å²) in [5.74, 6) is 1.57. The summed E-state index contributed by atoms with van der Waals surface area (Å²) in [5, 5.41) is 19.8. The molecule has 0 aromatic heterocycles. The van der Waals surface area contributed by atoms with Gasteiger partial charge in [0.1, 0.15) is 41.5 Å². The van der Waals surface area contributed by atoms with Crippen molar-refractivity contribution in [1.82, 2.24) is 4.90 Å². The number of allylic oxidation sites excluding steroid dienone is 1. The monoisotopic (exact) mass is 489 g/mol. The third-order valence-corrected chi connectivity index (χ3v) is 7.27. The zero-order valence-electron chi connectivity index (χ0n) is 20.9. The number of phenolic OH excluding ortho intramolecular Hbond substituents is 2. The van der Waals surface area contributed by atoms with E-state index in [4.69, 9.17) is 9.47 Å². The van der Waals surface area contributed by atoms with Crippen molar-refractivity contribution in [2.45, 2.75) is 39.3 Å². The first-order chi connectivity index (χ1) is 17.3. The lowest BCUT2D eigenvalue weighted by atomic mass is 9.86. The van der Waals surface area contributed by atoms with Crippen molar-refractivity contribution in [2.75, 3.05) is 19.7 Å². The summed E-state index contributed by atoms with van der Waals surface area (Å²) < 4.78 is 27.5. The average molecular weight is 490 g/mol. The highest BCUT2D eigenvalue weighted by molar-refractivity contribution is 5.95. The molecule has 2 aliphatic heterocycles. The Morgan fingerprint density at radius 1 is 1.03 bits per heavy atom. The van der Waals surface area contributed by atoms with Gasteiger partial charge in [0.05, 0.1) is 0 Å². The van der Waals surface area contributed by atoms with Crippen LogP contribution in [-0.4, -0.2) is 40.9 Å². The molecule has 36 heavy (non-hydrogen) atoms. The number of benzene rings is 3. The number of nitrogens with zero attached hydrogens (tertiary/aromatic N) is 1. The summed E-state index contributed by atoms with van der Waals surface area (Å²) in [6, 6.07) is 17.1. The number of hydrogen-bond donors (Lipinski definition) is 2. The molecule has 0 radical (unpaired) electrons. The first kappa shape index (κ1) is 24.2. The smallest absolute Gasteiger partial charge is 0.150 e. The Morgan fingerprint density at radius 2 is 1.75 bits per heavy atom. The molecule has 3 aromatic carbocycles. The quantitative estimate of drug-likeness (QED) is 0.419. The first-order valence-electron chi connectivity index (χ1n) is 12.5. The van der Waals surface area contributed by atoms with Crippen molar-refractivity contribution in [2.24, 2.45) is 5.92 Å². The fourth-order valence-corrected chi connectivity index (χ4v) is 5.17. The van der Waals surface area contributed by atoms with Crippen LogP contribution in [0, 0.1) is 11.7 Å². The van der Waals surface area contributed by atoms with Gasteiger partial charge in [-0.3, -0.25) is 4.90 Å². The minimum Gasteiger partial charge on any atom is -0.508 e. The van der Waals surface area contributed by atoms with E-state index in [2.05, 4.69) is 18.7 Å². The van der Waals surface area contributed by atoms with Crippen LogP contribution < -0.4 is 9.47 Å². The van der Waals surface area contributed by atoms with Crippen molar-refractivity contribution >= 4 is 11.1 Å². The summed E-state index contributed by atoms with van der Waals surface area (Å²) >= 11 is 0. The molecular formula is C30H32FNO4. The molecule has 2 N–H and O–H groups in total. The van der Waals surface area contributed by atoms with E-state index >= 15 is 4.39 Å². The van der Waals surface area contributed by atoms with Gasteiger partial charge in [0.2, 0.25) is 0 Å². The SMILES string of the molecule is CC1=C(c2ccc(O)cc2F)C(c2ccc(OCC(C)N3CCC(C)C3)cc2)Oc2ccc(O)cc21. The van der Waals surface area contributed by atoms with Gasteiger partial charge >= 0.3 is 0 Å². The van der Waals surface area contributed by atoms with Gasteiger partial charge in [-0.15, -0.1) is 0 Å². The zero-order valence-corrected chi connectivity index (χ0v) is 20.9. The number of rotatable bonds is 6. The predicted molar refractivity (Wildman–Crippen MR) is 139 cm³/mol. The highest BCUT2D eigenvalue weighted by Crippen LogP contribution is 2.48.